The Labute approximate surface area is 89.4 Å². The summed E-state index contributed by atoms with van der Waals surface area (Å²) in [6.45, 7) is 3.48. The number of carboxylic acids is 1. The van der Waals surface area contributed by atoms with E-state index in [9.17, 15) is 9.59 Å². The fraction of sp³-hybridized carbons (Fsp3) is 0.800. The number of nitrogens with zero attached hydrogens (tertiary/aromatic N) is 1. The van der Waals surface area contributed by atoms with Gasteiger partial charge in [0, 0.05) is 18.5 Å². The zero-order chi connectivity index (χ0) is 11.4. The number of carbonyl (C=O) groups excluding carboxylic acids is 1. The zero-order valence-electron chi connectivity index (χ0n) is 9.19. The van der Waals surface area contributed by atoms with Crippen LogP contribution in [0.5, 0.6) is 0 Å². The lowest BCUT2D eigenvalue weighted by Gasteiger charge is -2.15. The van der Waals surface area contributed by atoms with E-state index in [0.29, 0.717) is 0 Å². The monoisotopic (exact) mass is 214 g/mol. The summed E-state index contributed by atoms with van der Waals surface area (Å²) in [5.41, 5.74) is 0. The van der Waals surface area contributed by atoms with Gasteiger partial charge in [-0.25, -0.2) is 0 Å². The van der Waals surface area contributed by atoms with Crippen molar-refractivity contribution in [3.8, 4) is 0 Å². The molecule has 15 heavy (non-hydrogen) atoms. The van der Waals surface area contributed by atoms with E-state index in [4.69, 9.17) is 5.11 Å². The summed E-state index contributed by atoms with van der Waals surface area (Å²) in [5.74, 6) is -1.53. The number of rotatable bonds is 4. The average Bonchev–Trinajstić information content (AvgIpc) is 2.50. The predicted molar refractivity (Wildman–Crippen MR) is 55.5 cm³/mol. The molecule has 0 radical (unpaired) electrons. The summed E-state index contributed by atoms with van der Waals surface area (Å²) in [6, 6.07) is 0.179. The van der Waals surface area contributed by atoms with Crippen LogP contribution in [0.1, 0.15) is 19.8 Å². The Morgan fingerprint density at radius 3 is 2.73 bits per heavy atom. The van der Waals surface area contributed by atoms with Crippen molar-refractivity contribution in [1.82, 2.24) is 10.2 Å². The van der Waals surface area contributed by atoms with Crippen molar-refractivity contribution < 1.29 is 14.7 Å². The third-order valence-corrected chi connectivity index (χ3v) is 2.67. The maximum atomic E-state index is 11.5. The average molecular weight is 214 g/mol. The van der Waals surface area contributed by atoms with Crippen LogP contribution >= 0.6 is 0 Å². The molecule has 2 unspecified atom stereocenters. The third-order valence-electron chi connectivity index (χ3n) is 2.67. The summed E-state index contributed by atoms with van der Waals surface area (Å²) < 4.78 is 0. The van der Waals surface area contributed by atoms with Crippen LogP contribution in [0.2, 0.25) is 0 Å². The van der Waals surface area contributed by atoms with E-state index in [1.165, 1.54) is 0 Å². The van der Waals surface area contributed by atoms with Gasteiger partial charge in [0.25, 0.3) is 0 Å². The van der Waals surface area contributed by atoms with Crippen LogP contribution in [0.25, 0.3) is 0 Å². The lowest BCUT2D eigenvalue weighted by atomic mass is 10.1. The molecule has 2 atom stereocenters. The molecule has 1 heterocycles. The quantitative estimate of drug-likeness (QED) is 0.686. The van der Waals surface area contributed by atoms with Gasteiger partial charge in [-0.3, -0.25) is 9.59 Å². The van der Waals surface area contributed by atoms with Gasteiger partial charge in [0.05, 0.1) is 6.42 Å². The molecule has 0 aromatic carbocycles. The van der Waals surface area contributed by atoms with Gasteiger partial charge in [-0.15, -0.1) is 0 Å². The summed E-state index contributed by atoms with van der Waals surface area (Å²) in [4.78, 5) is 24.1. The molecule has 1 amide bonds. The highest BCUT2D eigenvalue weighted by molar-refractivity contribution is 5.83. The zero-order valence-corrected chi connectivity index (χ0v) is 9.19. The van der Waals surface area contributed by atoms with E-state index in [0.717, 1.165) is 19.5 Å². The van der Waals surface area contributed by atoms with Crippen molar-refractivity contribution in [2.45, 2.75) is 25.8 Å². The van der Waals surface area contributed by atoms with Gasteiger partial charge in [0.15, 0.2) is 0 Å². The van der Waals surface area contributed by atoms with E-state index in [2.05, 4.69) is 10.2 Å². The second-order valence-electron chi connectivity index (χ2n) is 4.26. The first-order chi connectivity index (χ1) is 6.99. The molecule has 0 aliphatic carbocycles. The molecule has 5 nitrogen and oxygen atoms in total. The molecule has 0 bridgehead atoms. The van der Waals surface area contributed by atoms with Crippen molar-refractivity contribution in [3.05, 3.63) is 0 Å². The minimum absolute atomic E-state index is 0.103. The van der Waals surface area contributed by atoms with Crippen LogP contribution < -0.4 is 5.32 Å². The second kappa shape index (κ2) is 5.11. The van der Waals surface area contributed by atoms with Gasteiger partial charge >= 0.3 is 5.97 Å². The van der Waals surface area contributed by atoms with Crippen LogP contribution in [0.3, 0.4) is 0 Å². The van der Waals surface area contributed by atoms with Gasteiger partial charge < -0.3 is 15.3 Å². The van der Waals surface area contributed by atoms with Crippen molar-refractivity contribution in [2.24, 2.45) is 5.92 Å². The van der Waals surface area contributed by atoms with Gasteiger partial charge in [-0.2, -0.15) is 0 Å². The Morgan fingerprint density at radius 1 is 1.60 bits per heavy atom. The first kappa shape index (κ1) is 12.0. The number of hydrogen-bond acceptors (Lipinski definition) is 3. The fourth-order valence-corrected chi connectivity index (χ4v) is 1.75. The Balaban J connectivity index is 2.31. The molecule has 1 rings (SSSR count). The van der Waals surface area contributed by atoms with E-state index in [1.54, 1.807) is 6.92 Å². The van der Waals surface area contributed by atoms with Gasteiger partial charge in [-0.05, 0) is 20.0 Å². The molecule has 1 aliphatic rings. The number of likely N-dealkylation sites (tertiary alicyclic amines) is 1. The molecule has 1 fully saturated rings. The molecule has 1 aliphatic heterocycles. The van der Waals surface area contributed by atoms with E-state index in [-0.39, 0.29) is 18.4 Å². The highest BCUT2D eigenvalue weighted by Gasteiger charge is 2.24. The van der Waals surface area contributed by atoms with Gasteiger partial charge in [0.2, 0.25) is 5.91 Å². The molecule has 2 N–H and O–H groups in total. The summed E-state index contributed by atoms with van der Waals surface area (Å²) in [7, 11) is 2.01. The van der Waals surface area contributed by atoms with Crippen LogP contribution in [-0.2, 0) is 9.59 Å². The van der Waals surface area contributed by atoms with Crippen LogP contribution in [-0.4, -0.2) is 48.1 Å². The highest BCUT2D eigenvalue weighted by atomic mass is 16.4. The third kappa shape index (κ3) is 3.87. The van der Waals surface area contributed by atoms with Crippen LogP contribution in [0.15, 0.2) is 0 Å². The van der Waals surface area contributed by atoms with Crippen molar-refractivity contribution in [2.75, 3.05) is 20.1 Å². The standard InChI is InChI=1S/C10H18N2O3/c1-7(5-9(13)14)10(15)11-8-3-4-12(2)6-8/h7-8H,3-6H2,1-2H3,(H,11,15)(H,13,14). The molecule has 0 spiro atoms. The maximum absolute atomic E-state index is 11.5. The second-order valence-corrected chi connectivity index (χ2v) is 4.26. The Bertz CT molecular complexity index is 255. The van der Waals surface area contributed by atoms with Crippen molar-refractivity contribution in [3.63, 3.8) is 0 Å². The Morgan fingerprint density at radius 2 is 2.27 bits per heavy atom. The lowest BCUT2D eigenvalue weighted by molar-refractivity contribution is -0.140. The molecule has 5 heteroatoms. The van der Waals surface area contributed by atoms with Crippen LogP contribution in [0.4, 0.5) is 0 Å². The van der Waals surface area contributed by atoms with Gasteiger partial charge in [0.1, 0.15) is 0 Å². The Kier molecular flexibility index (Phi) is 4.08. The molecule has 0 saturated carbocycles. The summed E-state index contributed by atoms with van der Waals surface area (Å²) in [5, 5.41) is 11.4. The first-order valence-corrected chi connectivity index (χ1v) is 5.19. The highest BCUT2D eigenvalue weighted by Crippen LogP contribution is 2.08. The van der Waals surface area contributed by atoms with Crippen LogP contribution in [0, 0.1) is 5.92 Å². The minimum atomic E-state index is -0.929. The summed E-state index contributed by atoms with van der Waals surface area (Å²) in [6.07, 6.45) is 0.844. The smallest absolute Gasteiger partial charge is 0.304 e. The molecule has 1 saturated heterocycles. The molecular weight excluding hydrogens is 196 g/mol. The van der Waals surface area contributed by atoms with E-state index in [1.807, 2.05) is 7.05 Å². The summed E-state index contributed by atoms with van der Waals surface area (Å²) >= 11 is 0. The number of carbonyl (C=O) groups is 2. The number of carboxylic acid groups (broad SMARTS) is 1. The fourth-order valence-electron chi connectivity index (χ4n) is 1.75. The molecule has 86 valence electrons. The number of hydrogen-bond donors (Lipinski definition) is 2. The molecule has 0 aromatic rings. The Hall–Kier alpha value is -1.10. The van der Waals surface area contributed by atoms with Gasteiger partial charge in [-0.1, -0.05) is 6.92 Å². The van der Waals surface area contributed by atoms with E-state index >= 15 is 0 Å². The minimum Gasteiger partial charge on any atom is -0.481 e. The number of amides is 1. The SMILES string of the molecule is CC(CC(=O)O)C(=O)NC1CCN(C)C1. The maximum Gasteiger partial charge on any atom is 0.304 e. The number of likely N-dealkylation sites (N-methyl/N-ethyl adjacent to an activating group) is 1. The number of nitrogens with one attached hydrogen (secondary N) is 1. The first-order valence-electron chi connectivity index (χ1n) is 5.19. The number of aliphatic carboxylic acids is 1. The predicted octanol–water partition coefficient (Wildman–Crippen LogP) is -0.0825. The largest absolute Gasteiger partial charge is 0.481 e. The van der Waals surface area contributed by atoms with Crippen molar-refractivity contribution >= 4 is 11.9 Å². The van der Waals surface area contributed by atoms with E-state index < -0.39 is 11.9 Å². The van der Waals surface area contributed by atoms with Crippen molar-refractivity contribution in [1.29, 1.82) is 0 Å². The topological polar surface area (TPSA) is 69.6 Å². The lowest BCUT2D eigenvalue weighted by Crippen LogP contribution is -2.40. The molecule has 0 aromatic heterocycles. The molecular formula is C10H18N2O3. The normalized spacial score (nSPS) is 23.7.